The molecule has 0 saturated carbocycles. The minimum absolute atomic E-state index is 0.0776. The molecule has 1 aromatic rings. The van der Waals surface area contributed by atoms with E-state index in [1.807, 2.05) is 0 Å². The summed E-state index contributed by atoms with van der Waals surface area (Å²) in [6.45, 7) is 1.98. The van der Waals surface area contributed by atoms with Crippen molar-refractivity contribution in [2.75, 3.05) is 19.7 Å². The molecule has 1 fully saturated rings. The number of aryl methyl sites for hydroxylation is 1. The first-order valence-electron chi connectivity index (χ1n) is 6.33. The van der Waals surface area contributed by atoms with Gasteiger partial charge in [0, 0.05) is 25.8 Å². The van der Waals surface area contributed by atoms with Gasteiger partial charge in [-0.3, -0.25) is 10.1 Å². The summed E-state index contributed by atoms with van der Waals surface area (Å²) in [5.41, 5.74) is -0.0724. The number of sulfonamides is 1. The lowest BCUT2D eigenvalue weighted by molar-refractivity contribution is -0.384. The van der Waals surface area contributed by atoms with E-state index in [9.17, 15) is 18.5 Å². The second-order valence-electron chi connectivity index (χ2n) is 5.03. The average molecular weight is 335 g/mol. The van der Waals surface area contributed by atoms with Gasteiger partial charge in [-0.25, -0.2) is 8.42 Å². The third kappa shape index (κ3) is 3.03. The van der Waals surface area contributed by atoms with Crippen molar-refractivity contribution in [3.8, 4) is 0 Å². The van der Waals surface area contributed by atoms with Crippen LogP contribution in [-0.2, 0) is 10.0 Å². The topological polar surface area (TPSA) is 101 Å². The predicted octanol–water partition coefficient (Wildman–Crippen LogP) is 1.56. The van der Waals surface area contributed by atoms with Gasteiger partial charge in [0.2, 0.25) is 10.0 Å². The molecular weight excluding hydrogens is 320 g/mol. The van der Waals surface area contributed by atoms with Crippen molar-refractivity contribution in [1.29, 1.82) is 0 Å². The summed E-state index contributed by atoms with van der Waals surface area (Å²) < 4.78 is 26.4. The molecule has 7 nitrogen and oxygen atoms in total. The van der Waals surface area contributed by atoms with Crippen molar-refractivity contribution in [1.82, 2.24) is 4.31 Å². The molecule has 1 atom stereocenters. The largest absolute Gasteiger partial charge is 0.396 e. The second-order valence-corrected chi connectivity index (χ2v) is 7.34. The Balaban J connectivity index is 2.45. The summed E-state index contributed by atoms with van der Waals surface area (Å²) >= 11 is 5.77. The van der Waals surface area contributed by atoms with Gasteiger partial charge in [-0.2, -0.15) is 4.31 Å². The van der Waals surface area contributed by atoms with Crippen LogP contribution in [0.2, 0.25) is 5.02 Å². The van der Waals surface area contributed by atoms with Crippen molar-refractivity contribution in [3.05, 3.63) is 32.8 Å². The monoisotopic (exact) mass is 334 g/mol. The molecule has 116 valence electrons. The lowest BCUT2D eigenvalue weighted by atomic mass is 10.1. The van der Waals surface area contributed by atoms with Crippen molar-refractivity contribution in [2.24, 2.45) is 5.92 Å². The van der Waals surface area contributed by atoms with Gasteiger partial charge < -0.3 is 5.11 Å². The zero-order valence-corrected chi connectivity index (χ0v) is 12.9. The van der Waals surface area contributed by atoms with Crippen molar-refractivity contribution >= 4 is 27.3 Å². The first kappa shape index (κ1) is 16.2. The standard InChI is InChI=1S/C12H15ClN2O5S/c1-8-4-10(13)11(15(17)18)5-12(8)21(19,20)14-3-2-9(6-14)7-16/h4-5,9,16H,2-3,6-7H2,1H3. The maximum atomic E-state index is 12.6. The van der Waals surface area contributed by atoms with Gasteiger partial charge in [0.1, 0.15) is 5.02 Å². The Kier molecular flexibility index (Phi) is 4.52. The number of benzene rings is 1. The van der Waals surface area contributed by atoms with E-state index in [-0.39, 0.29) is 29.0 Å². The SMILES string of the molecule is Cc1cc(Cl)c([N+](=O)[O-])cc1S(=O)(=O)N1CCC(CO)C1. The molecule has 21 heavy (non-hydrogen) atoms. The molecule has 0 aliphatic carbocycles. The van der Waals surface area contributed by atoms with Crippen LogP contribution < -0.4 is 0 Å². The molecule has 0 spiro atoms. The molecule has 1 saturated heterocycles. The van der Waals surface area contributed by atoms with Gasteiger partial charge in [-0.05, 0) is 30.9 Å². The average Bonchev–Trinajstić information content (AvgIpc) is 2.87. The van der Waals surface area contributed by atoms with Crippen LogP contribution in [0.5, 0.6) is 0 Å². The van der Waals surface area contributed by atoms with Crippen LogP contribution in [0.4, 0.5) is 5.69 Å². The van der Waals surface area contributed by atoms with Gasteiger partial charge in [0.15, 0.2) is 0 Å². The Morgan fingerprint density at radius 3 is 2.71 bits per heavy atom. The van der Waals surface area contributed by atoms with E-state index >= 15 is 0 Å². The fourth-order valence-corrected chi connectivity index (χ4v) is 4.41. The molecule has 0 bridgehead atoms. The van der Waals surface area contributed by atoms with Gasteiger partial charge in [0.25, 0.3) is 5.69 Å². The van der Waals surface area contributed by atoms with E-state index in [4.69, 9.17) is 16.7 Å². The van der Waals surface area contributed by atoms with E-state index in [0.717, 1.165) is 6.07 Å². The quantitative estimate of drug-likeness (QED) is 0.665. The molecule has 1 heterocycles. The number of halogens is 1. The smallest absolute Gasteiger partial charge is 0.289 e. The fraction of sp³-hybridized carbons (Fsp3) is 0.500. The molecule has 1 unspecified atom stereocenters. The van der Waals surface area contributed by atoms with E-state index in [0.29, 0.717) is 18.5 Å². The first-order chi connectivity index (χ1) is 9.77. The van der Waals surface area contributed by atoms with E-state index in [1.54, 1.807) is 6.92 Å². The van der Waals surface area contributed by atoms with Crippen LogP contribution in [0.1, 0.15) is 12.0 Å². The van der Waals surface area contributed by atoms with Gasteiger partial charge in [-0.15, -0.1) is 0 Å². The highest BCUT2D eigenvalue weighted by molar-refractivity contribution is 7.89. The highest BCUT2D eigenvalue weighted by Crippen LogP contribution is 2.33. The summed E-state index contributed by atoms with van der Waals surface area (Å²) in [7, 11) is -3.83. The Morgan fingerprint density at radius 1 is 1.52 bits per heavy atom. The minimum atomic E-state index is -3.83. The fourth-order valence-electron chi connectivity index (χ4n) is 2.36. The zero-order chi connectivity index (χ0) is 15.8. The first-order valence-corrected chi connectivity index (χ1v) is 8.14. The number of aliphatic hydroxyl groups excluding tert-OH is 1. The third-order valence-corrected chi connectivity index (χ3v) is 5.88. The number of nitro groups is 1. The molecule has 1 N–H and O–H groups in total. The Bertz CT molecular complexity index is 676. The lowest BCUT2D eigenvalue weighted by Crippen LogP contribution is -2.30. The Hall–Kier alpha value is -1.22. The van der Waals surface area contributed by atoms with Crippen LogP contribution in [0, 0.1) is 23.0 Å². The van der Waals surface area contributed by atoms with Crippen LogP contribution in [0.25, 0.3) is 0 Å². The summed E-state index contributed by atoms with van der Waals surface area (Å²) in [5, 5.41) is 19.9. The van der Waals surface area contributed by atoms with Gasteiger partial charge >= 0.3 is 0 Å². The lowest BCUT2D eigenvalue weighted by Gasteiger charge is -2.18. The normalized spacial score (nSPS) is 19.9. The van der Waals surface area contributed by atoms with E-state index < -0.39 is 20.6 Å². The van der Waals surface area contributed by atoms with Crippen LogP contribution in [0.3, 0.4) is 0 Å². The van der Waals surface area contributed by atoms with E-state index in [2.05, 4.69) is 0 Å². The molecular formula is C12H15ClN2O5S. The Morgan fingerprint density at radius 2 is 2.19 bits per heavy atom. The molecule has 0 amide bonds. The van der Waals surface area contributed by atoms with Crippen LogP contribution in [-0.4, -0.2) is 42.4 Å². The number of nitrogens with zero attached hydrogens (tertiary/aromatic N) is 2. The van der Waals surface area contributed by atoms with Crippen LogP contribution in [0.15, 0.2) is 17.0 Å². The van der Waals surface area contributed by atoms with Crippen LogP contribution >= 0.6 is 11.6 Å². The van der Waals surface area contributed by atoms with Gasteiger partial charge in [0.05, 0.1) is 9.82 Å². The number of hydrogen-bond acceptors (Lipinski definition) is 5. The summed E-state index contributed by atoms with van der Waals surface area (Å²) in [5.74, 6) is -0.0950. The number of hydrogen-bond donors (Lipinski definition) is 1. The minimum Gasteiger partial charge on any atom is -0.396 e. The van der Waals surface area contributed by atoms with E-state index in [1.165, 1.54) is 10.4 Å². The number of rotatable bonds is 4. The molecule has 1 aliphatic rings. The number of nitro benzene ring substituents is 1. The van der Waals surface area contributed by atoms with Crippen molar-refractivity contribution in [2.45, 2.75) is 18.2 Å². The predicted molar refractivity (Wildman–Crippen MR) is 76.8 cm³/mol. The summed E-state index contributed by atoms with van der Waals surface area (Å²) in [4.78, 5) is 10.1. The maximum absolute atomic E-state index is 12.6. The molecule has 1 aromatic carbocycles. The molecule has 1 aliphatic heterocycles. The van der Waals surface area contributed by atoms with Crippen molar-refractivity contribution in [3.63, 3.8) is 0 Å². The highest BCUT2D eigenvalue weighted by Gasteiger charge is 2.34. The maximum Gasteiger partial charge on any atom is 0.289 e. The summed E-state index contributed by atoms with van der Waals surface area (Å²) in [6.07, 6.45) is 0.574. The molecule has 0 radical (unpaired) electrons. The zero-order valence-electron chi connectivity index (χ0n) is 11.3. The third-order valence-electron chi connectivity index (χ3n) is 3.57. The van der Waals surface area contributed by atoms with Crippen molar-refractivity contribution < 1.29 is 18.4 Å². The Labute approximate surface area is 127 Å². The van der Waals surface area contributed by atoms with Gasteiger partial charge in [-0.1, -0.05) is 11.6 Å². The summed E-state index contributed by atoms with van der Waals surface area (Å²) in [6, 6.07) is 2.28. The molecule has 9 heteroatoms. The molecule has 0 aromatic heterocycles. The number of aliphatic hydroxyl groups is 1. The molecule has 2 rings (SSSR count). The second kappa shape index (κ2) is 5.88. The highest BCUT2D eigenvalue weighted by atomic mass is 35.5.